The second kappa shape index (κ2) is 13.1. The van der Waals surface area contributed by atoms with Gasteiger partial charge in [0.05, 0.1) is 0 Å². The van der Waals surface area contributed by atoms with Crippen molar-refractivity contribution in [3.8, 4) is 17.2 Å². The maximum absolute atomic E-state index is 10.4. The van der Waals surface area contributed by atoms with Crippen LogP contribution in [-0.4, -0.2) is 15.3 Å². The summed E-state index contributed by atoms with van der Waals surface area (Å²) >= 11 is 0. The molecule has 0 aliphatic heterocycles. The molecule has 2 aromatic carbocycles. The highest BCUT2D eigenvalue weighted by molar-refractivity contribution is 5.57. The molecule has 0 saturated carbocycles. The van der Waals surface area contributed by atoms with Gasteiger partial charge in [-0.1, -0.05) is 88.6 Å². The molecular formula is C26H38O3. The van der Waals surface area contributed by atoms with Crippen molar-refractivity contribution < 1.29 is 15.3 Å². The summed E-state index contributed by atoms with van der Waals surface area (Å²) in [6.45, 7) is 2.24. The molecule has 0 amide bonds. The van der Waals surface area contributed by atoms with Gasteiger partial charge in [0.25, 0.3) is 0 Å². The topological polar surface area (TPSA) is 60.7 Å². The Bertz CT molecular complexity index is 710. The third kappa shape index (κ3) is 8.00. The van der Waals surface area contributed by atoms with E-state index in [-0.39, 0.29) is 11.5 Å². The molecule has 0 radical (unpaired) electrons. The molecule has 0 aromatic heterocycles. The Hall–Kier alpha value is -2.16. The maximum Gasteiger partial charge on any atom is 0.200 e. The van der Waals surface area contributed by atoms with Crippen molar-refractivity contribution in [1.29, 1.82) is 0 Å². The lowest BCUT2D eigenvalue weighted by Crippen LogP contribution is -1.98. The molecule has 0 aliphatic rings. The summed E-state index contributed by atoms with van der Waals surface area (Å²) in [4.78, 5) is 0. The second-order valence-corrected chi connectivity index (χ2v) is 8.15. The van der Waals surface area contributed by atoms with E-state index in [9.17, 15) is 15.3 Å². The van der Waals surface area contributed by atoms with Crippen molar-refractivity contribution in [2.75, 3.05) is 0 Å². The van der Waals surface area contributed by atoms with Crippen LogP contribution in [0, 0.1) is 0 Å². The number of aryl methyl sites for hydroxylation is 2. The third-order valence-electron chi connectivity index (χ3n) is 5.74. The van der Waals surface area contributed by atoms with Crippen molar-refractivity contribution >= 4 is 0 Å². The van der Waals surface area contributed by atoms with E-state index in [1.54, 1.807) is 6.07 Å². The summed E-state index contributed by atoms with van der Waals surface area (Å²) in [5, 5.41) is 30.3. The van der Waals surface area contributed by atoms with Crippen LogP contribution in [0.25, 0.3) is 0 Å². The van der Waals surface area contributed by atoms with E-state index in [2.05, 4.69) is 19.1 Å². The van der Waals surface area contributed by atoms with E-state index < -0.39 is 5.75 Å². The average Bonchev–Trinajstić information content (AvgIpc) is 2.73. The molecule has 0 fully saturated rings. The van der Waals surface area contributed by atoms with Crippen molar-refractivity contribution in [2.45, 2.75) is 90.4 Å². The Morgan fingerprint density at radius 1 is 0.621 bits per heavy atom. The highest BCUT2D eigenvalue weighted by atomic mass is 16.3. The Morgan fingerprint density at radius 2 is 1.24 bits per heavy atom. The highest BCUT2D eigenvalue weighted by Gasteiger charge is 2.16. The van der Waals surface area contributed by atoms with Crippen LogP contribution in [0.4, 0.5) is 0 Å². The normalized spacial score (nSPS) is 11.1. The number of phenols is 3. The number of rotatable bonds is 14. The van der Waals surface area contributed by atoms with Crippen LogP contribution in [0.2, 0.25) is 0 Å². The van der Waals surface area contributed by atoms with Crippen LogP contribution in [0.1, 0.15) is 87.8 Å². The molecule has 2 rings (SSSR count). The lowest BCUT2D eigenvalue weighted by Gasteiger charge is -2.14. The van der Waals surface area contributed by atoms with Gasteiger partial charge in [-0.25, -0.2) is 0 Å². The molecule has 0 aliphatic carbocycles. The predicted octanol–water partition coefficient (Wildman–Crippen LogP) is 7.05. The van der Waals surface area contributed by atoms with Crippen LogP contribution in [0.3, 0.4) is 0 Å². The molecule has 3 nitrogen and oxygen atoms in total. The fourth-order valence-corrected chi connectivity index (χ4v) is 3.98. The van der Waals surface area contributed by atoms with Gasteiger partial charge in [-0.2, -0.15) is 0 Å². The first-order valence-corrected chi connectivity index (χ1v) is 11.4. The minimum atomic E-state index is -0.393. The van der Waals surface area contributed by atoms with E-state index in [0.717, 1.165) is 36.8 Å². The fourth-order valence-electron chi connectivity index (χ4n) is 3.98. The van der Waals surface area contributed by atoms with Gasteiger partial charge in [-0.05, 0) is 49.3 Å². The maximum atomic E-state index is 10.4. The van der Waals surface area contributed by atoms with Gasteiger partial charge < -0.3 is 15.3 Å². The number of aromatic hydroxyl groups is 3. The van der Waals surface area contributed by atoms with Crippen LogP contribution in [0.15, 0.2) is 36.4 Å². The highest BCUT2D eigenvalue weighted by Crippen LogP contribution is 2.40. The first-order chi connectivity index (χ1) is 14.1. The molecule has 0 spiro atoms. The monoisotopic (exact) mass is 398 g/mol. The van der Waals surface area contributed by atoms with E-state index >= 15 is 0 Å². The van der Waals surface area contributed by atoms with Gasteiger partial charge >= 0.3 is 0 Å². The van der Waals surface area contributed by atoms with E-state index in [1.807, 2.05) is 18.2 Å². The molecule has 0 unspecified atom stereocenters. The average molecular weight is 399 g/mol. The van der Waals surface area contributed by atoms with Crippen molar-refractivity contribution in [3.63, 3.8) is 0 Å². The van der Waals surface area contributed by atoms with Crippen molar-refractivity contribution in [2.24, 2.45) is 0 Å². The van der Waals surface area contributed by atoms with Crippen molar-refractivity contribution in [3.05, 3.63) is 53.1 Å². The van der Waals surface area contributed by atoms with Crippen molar-refractivity contribution in [1.82, 2.24) is 0 Å². The van der Waals surface area contributed by atoms with Gasteiger partial charge in [0.15, 0.2) is 11.5 Å². The largest absolute Gasteiger partial charge is 0.504 e. The Kier molecular flexibility index (Phi) is 10.5. The minimum absolute atomic E-state index is 0.149. The molecule has 3 N–H and O–H groups in total. The lowest BCUT2D eigenvalue weighted by atomic mass is 9.94. The zero-order valence-corrected chi connectivity index (χ0v) is 18.0. The zero-order valence-electron chi connectivity index (χ0n) is 18.0. The number of phenolic OH excluding ortho intramolecular Hbond substituents is 3. The molecule has 2 aromatic rings. The summed E-state index contributed by atoms with van der Waals surface area (Å²) in [7, 11) is 0. The van der Waals surface area contributed by atoms with Gasteiger partial charge in [-0.15, -0.1) is 0 Å². The van der Waals surface area contributed by atoms with E-state index in [1.165, 1.54) is 56.9 Å². The molecule has 0 bridgehead atoms. The number of hydrogen-bond acceptors (Lipinski definition) is 3. The van der Waals surface area contributed by atoms with Crippen LogP contribution < -0.4 is 0 Å². The molecule has 29 heavy (non-hydrogen) atoms. The molecule has 160 valence electrons. The molecule has 0 saturated heterocycles. The van der Waals surface area contributed by atoms with Crippen LogP contribution in [-0.2, 0) is 19.3 Å². The number of benzene rings is 2. The van der Waals surface area contributed by atoms with Gasteiger partial charge in [-0.3, -0.25) is 0 Å². The Balaban J connectivity index is 1.83. The SMILES string of the molecule is CCCCCCCCCCCc1cc(O)c(O)c(O)c1CCCc1ccccc1. The van der Waals surface area contributed by atoms with Gasteiger partial charge in [0, 0.05) is 5.56 Å². The number of unbranched alkanes of at least 4 members (excludes halogenated alkanes) is 8. The standard InChI is InChI=1S/C26H38O3/c1-2-3-4-5-6-7-8-9-13-18-22-20-24(27)26(29)25(28)23(22)19-14-17-21-15-11-10-12-16-21/h10-12,15-16,20,27-29H,2-9,13-14,17-19H2,1H3. The summed E-state index contributed by atoms with van der Waals surface area (Å²) in [5.41, 5.74) is 3.03. The van der Waals surface area contributed by atoms with Crippen LogP contribution in [0.5, 0.6) is 17.2 Å². The van der Waals surface area contributed by atoms with E-state index in [0.29, 0.717) is 6.42 Å². The summed E-state index contributed by atoms with van der Waals surface area (Å²) in [6.07, 6.45) is 14.8. The first kappa shape index (κ1) is 23.1. The van der Waals surface area contributed by atoms with Gasteiger partial charge in [0.2, 0.25) is 5.75 Å². The van der Waals surface area contributed by atoms with Gasteiger partial charge in [0.1, 0.15) is 0 Å². The predicted molar refractivity (Wildman–Crippen MR) is 121 cm³/mol. The number of hydrogen-bond donors (Lipinski definition) is 3. The summed E-state index contributed by atoms with van der Waals surface area (Å²) < 4.78 is 0. The summed E-state index contributed by atoms with van der Waals surface area (Å²) in [5.74, 6) is -0.764. The van der Waals surface area contributed by atoms with Crippen LogP contribution >= 0.6 is 0 Å². The fraction of sp³-hybridized carbons (Fsp3) is 0.538. The minimum Gasteiger partial charge on any atom is -0.504 e. The lowest BCUT2D eigenvalue weighted by molar-refractivity contribution is 0.363. The third-order valence-corrected chi connectivity index (χ3v) is 5.74. The Morgan fingerprint density at radius 3 is 1.90 bits per heavy atom. The second-order valence-electron chi connectivity index (χ2n) is 8.15. The smallest absolute Gasteiger partial charge is 0.200 e. The van der Waals surface area contributed by atoms with E-state index in [4.69, 9.17) is 0 Å². The Labute approximate surface area is 176 Å². The summed E-state index contributed by atoms with van der Waals surface area (Å²) in [6, 6.07) is 11.9. The quantitative estimate of drug-likeness (QED) is 0.236. The molecule has 3 heteroatoms. The zero-order chi connectivity index (χ0) is 20.9. The molecular weight excluding hydrogens is 360 g/mol. The molecule has 0 atom stereocenters. The first-order valence-electron chi connectivity index (χ1n) is 11.4. The molecule has 0 heterocycles.